The van der Waals surface area contributed by atoms with Crippen LogP contribution in [-0.2, 0) is 13.0 Å². The van der Waals surface area contributed by atoms with Gasteiger partial charge in [0, 0.05) is 18.7 Å². The van der Waals surface area contributed by atoms with Gasteiger partial charge in [0.05, 0.1) is 18.1 Å². The molecule has 14 heteroatoms. The van der Waals surface area contributed by atoms with Crippen LogP contribution in [0.5, 0.6) is 0 Å². The smallest absolute Gasteiger partial charge is 0.351 e. The number of hydrogen-bond donors (Lipinski definition) is 2. The molecule has 0 unspecified atom stereocenters. The molecule has 35 heavy (non-hydrogen) atoms. The van der Waals surface area contributed by atoms with Gasteiger partial charge in [0.25, 0.3) is 11.8 Å². The van der Waals surface area contributed by atoms with E-state index in [0.29, 0.717) is 50.2 Å². The molecule has 3 aromatic rings. The fraction of sp³-hybridized carbons (Fsp3) is 0.429. The highest BCUT2D eigenvalue weighted by Crippen LogP contribution is 2.17. The van der Waals surface area contributed by atoms with Gasteiger partial charge in [-0.1, -0.05) is 5.21 Å². The lowest BCUT2D eigenvalue weighted by atomic mass is 10.1. The highest BCUT2D eigenvalue weighted by Gasteiger charge is 2.28. The van der Waals surface area contributed by atoms with Gasteiger partial charge in [0.2, 0.25) is 0 Å². The van der Waals surface area contributed by atoms with Gasteiger partial charge in [-0.2, -0.15) is 18.3 Å². The number of halogens is 4. The zero-order chi connectivity index (χ0) is 25.3. The van der Waals surface area contributed by atoms with E-state index in [2.05, 4.69) is 25.7 Å². The predicted molar refractivity (Wildman–Crippen MR) is 116 cm³/mol. The number of carbonyl (C=O) groups is 2. The molecule has 10 nitrogen and oxygen atoms in total. The lowest BCUT2D eigenvalue weighted by Gasteiger charge is -2.10. The van der Waals surface area contributed by atoms with Crippen LogP contribution in [0.25, 0.3) is 5.69 Å². The summed E-state index contributed by atoms with van der Waals surface area (Å²) in [5.74, 6) is -1.31. The summed E-state index contributed by atoms with van der Waals surface area (Å²) in [6.45, 7) is -1.02. The Morgan fingerprint density at radius 2 is 1.77 bits per heavy atom. The standard InChI is InChI=1S/C21H24F4N8O2/c22-9-2-1-4-17-18(20(35)27-10-3-11-32-14-26-13-29-32)30-31-33(17)16-7-5-15(6-8-16)19(34)28-12-21(23,24)25/h5-8,13-14H,1-4,9-12H2,(H,27,35)(H,28,34). The Kier molecular flexibility index (Phi) is 8.86. The van der Waals surface area contributed by atoms with Crippen molar-refractivity contribution in [3.8, 4) is 5.69 Å². The second-order valence-corrected chi connectivity index (χ2v) is 7.56. The Labute approximate surface area is 197 Å². The first kappa shape index (κ1) is 25.8. The lowest BCUT2D eigenvalue weighted by Crippen LogP contribution is -2.33. The Bertz CT molecular complexity index is 1100. The third kappa shape index (κ3) is 7.58. The largest absolute Gasteiger partial charge is 0.405 e. The molecule has 0 radical (unpaired) electrons. The van der Waals surface area contributed by atoms with Gasteiger partial charge in [-0.05, 0) is 49.9 Å². The molecule has 3 rings (SSSR count). The average molecular weight is 496 g/mol. The Morgan fingerprint density at radius 3 is 2.43 bits per heavy atom. The van der Waals surface area contributed by atoms with Gasteiger partial charge in [0.1, 0.15) is 19.2 Å². The SMILES string of the molecule is O=C(NCC(F)(F)F)c1ccc(-n2nnc(C(=O)NCCCn3cncn3)c2CCCCF)cc1. The number of aryl methyl sites for hydroxylation is 1. The van der Waals surface area contributed by atoms with Crippen LogP contribution in [0.1, 0.15) is 45.8 Å². The number of nitrogens with zero attached hydrogens (tertiary/aromatic N) is 6. The molecule has 2 aromatic heterocycles. The summed E-state index contributed by atoms with van der Waals surface area (Å²) in [7, 11) is 0. The van der Waals surface area contributed by atoms with Crippen molar-refractivity contribution in [3.05, 3.63) is 53.9 Å². The molecule has 188 valence electrons. The summed E-state index contributed by atoms with van der Waals surface area (Å²) in [4.78, 5) is 28.5. The van der Waals surface area contributed by atoms with Crippen molar-refractivity contribution < 1.29 is 27.2 Å². The van der Waals surface area contributed by atoms with Crippen LogP contribution in [0, 0.1) is 0 Å². The van der Waals surface area contributed by atoms with Crippen LogP contribution in [-0.4, -0.2) is 67.5 Å². The Morgan fingerprint density at radius 1 is 1.00 bits per heavy atom. The minimum atomic E-state index is -4.52. The first-order valence-electron chi connectivity index (χ1n) is 10.8. The molecule has 0 saturated carbocycles. The molecule has 0 saturated heterocycles. The van der Waals surface area contributed by atoms with E-state index >= 15 is 0 Å². The molecule has 0 aliphatic rings. The highest BCUT2D eigenvalue weighted by atomic mass is 19.4. The number of aromatic nitrogens is 6. The topological polar surface area (TPSA) is 120 Å². The molecular weight excluding hydrogens is 472 g/mol. The van der Waals surface area contributed by atoms with E-state index in [1.165, 1.54) is 35.3 Å². The van der Waals surface area contributed by atoms with Crippen molar-refractivity contribution in [2.45, 2.75) is 38.4 Å². The third-order valence-corrected chi connectivity index (χ3v) is 4.92. The molecular formula is C21H24F4N8O2. The molecule has 0 spiro atoms. The van der Waals surface area contributed by atoms with Gasteiger partial charge < -0.3 is 10.6 Å². The maximum atomic E-state index is 12.7. The molecule has 0 fully saturated rings. The zero-order valence-electron chi connectivity index (χ0n) is 18.6. The van der Waals surface area contributed by atoms with E-state index in [4.69, 9.17) is 0 Å². The number of alkyl halides is 4. The summed E-state index contributed by atoms with van der Waals surface area (Å²) in [6, 6.07) is 5.65. The Hall–Kier alpha value is -3.84. The summed E-state index contributed by atoms with van der Waals surface area (Å²) < 4.78 is 52.7. The fourth-order valence-corrected chi connectivity index (χ4v) is 3.21. The Balaban J connectivity index is 1.70. The molecule has 0 bridgehead atoms. The van der Waals surface area contributed by atoms with Crippen molar-refractivity contribution >= 4 is 11.8 Å². The second-order valence-electron chi connectivity index (χ2n) is 7.56. The number of amides is 2. The number of hydrogen-bond acceptors (Lipinski definition) is 6. The van der Waals surface area contributed by atoms with Gasteiger partial charge >= 0.3 is 6.18 Å². The number of nitrogens with one attached hydrogen (secondary N) is 2. The van der Waals surface area contributed by atoms with E-state index in [9.17, 15) is 27.2 Å². The zero-order valence-corrected chi connectivity index (χ0v) is 18.6. The van der Waals surface area contributed by atoms with Crippen LogP contribution in [0.15, 0.2) is 36.9 Å². The molecule has 0 atom stereocenters. The quantitative estimate of drug-likeness (QED) is 0.293. The molecule has 0 aliphatic heterocycles. The van der Waals surface area contributed by atoms with Crippen LogP contribution < -0.4 is 10.6 Å². The van der Waals surface area contributed by atoms with Crippen molar-refractivity contribution in [1.82, 2.24) is 40.4 Å². The van der Waals surface area contributed by atoms with E-state index in [-0.39, 0.29) is 11.3 Å². The van der Waals surface area contributed by atoms with Crippen molar-refractivity contribution in [2.24, 2.45) is 0 Å². The summed E-state index contributed by atoms with van der Waals surface area (Å²) in [5.41, 5.74) is 1.03. The minimum absolute atomic E-state index is 0.0300. The van der Waals surface area contributed by atoms with Crippen LogP contribution in [0.4, 0.5) is 17.6 Å². The van der Waals surface area contributed by atoms with Crippen LogP contribution >= 0.6 is 0 Å². The highest BCUT2D eigenvalue weighted by molar-refractivity contribution is 5.94. The van der Waals surface area contributed by atoms with Crippen LogP contribution in [0.3, 0.4) is 0 Å². The van der Waals surface area contributed by atoms with E-state index < -0.39 is 31.2 Å². The predicted octanol–water partition coefficient (Wildman–Crippen LogP) is 2.26. The van der Waals surface area contributed by atoms with Gasteiger partial charge in [-0.15, -0.1) is 5.10 Å². The summed E-state index contributed by atoms with van der Waals surface area (Å²) >= 11 is 0. The van der Waals surface area contributed by atoms with E-state index in [1.807, 2.05) is 0 Å². The normalized spacial score (nSPS) is 11.4. The minimum Gasteiger partial charge on any atom is -0.351 e. The first-order valence-corrected chi connectivity index (χ1v) is 10.8. The molecule has 2 N–H and O–H groups in total. The van der Waals surface area contributed by atoms with Crippen molar-refractivity contribution in [1.29, 1.82) is 0 Å². The third-order valence-electron chi connectivity index (χ3n) is 4.92. The van der Waals surface area contributed by atoms with E-state index in [0.717, 1.165) is 0 Å². The maximum absolute atomic E-state index is 12.7. The molecule has 2 heterocycles. The summed E-state index contributed by atoms with van der Waals surface area (Å²) in [5, 5.41) is 16.6. The number of benzene rings is 1. The van der Waals surface area contributed by atoms with Crippen LogP contribution in [0.2, 0.25) is 0 Å². The van der Waals surface area contributed by atoms with Crippen molar-refractivity contribution in [2.75, 3.05) is 19.8 Å². The molecule has 0 aliphatic carbocycles. The maximum Gasteiger partial charge on any atom is 0.405 e. The molecule has 1 aromatic carbocycles. The number of rotatable bonds is 12. The number of unbranched alkanes of at least 4 members (excludes halogenated alkanes) is 1. The van der Waals surface area contributed by atoms with Gasteiger partial charge in [-0.3, -0.25) is 18.7 Å². The first-order chi connectivity index (χ1) is 16.8. The fourth-order valence-electron chi connectivity index (χ4n) is 3.21. The number of carbonyl (C=O) groups excluding carboxylic acids is 2. The lowest BCUT2D eigenvalue weighted by molar-refractivity contribution is -0.123. The average Bonchev–Trinajstić information content (AvgIpc) is 3.50. The van der Waals surface area contributed by atoms with E-state index in [1.54, 1.807) is 16.3 Å². The monoisotopic (exact) mass is 496 g/mol. The molecule has 2 amide bonds. The van der Waals surface area contributed by atoms with Gasteiger partial charge in [-0.25, -0.2) is 9.67 Å². The second kappa shape index (κ2) is 12.0. The van der Waals surface area contributed by atoms with Crippen molar-refractivity contribution in [3.63, 3.8) is 0 Å². The van der Waals surface area contributed by atoms with Gasteiger partial charge in [0.15, 0.2) is 5.69 Å². The summed E-state index contributed by atoms with van der Waals surface area (Å²) in [6.07, 6.45) is 0.156.